The molecule has 0 radical (unpaired) electrons. The van der Waals surface area contributed by atoms with Crippen LogP contribution in [0.3, 0.4) is 0 Å². The van der Waals surface area contributed by atoms with Crippen molar-refractivity contribution in [3.05, 3.63) is 96.3 Å². The Labute approximate surface area is 130 Å². The largest absolute Gasteiger partial charge is 0.412 e. The fraction of sp³-hybridized carbons (Fsp3) is 0. The van der Waals surface area contributed by atoms with Gasteiger partial charge in [-0.3, -0.25) is 0 Å². The molecule has 0 bridgehead atoms. The number of nitrogens with zero attached hydrogens (tertiary/aromatic N) is 2. The third-order valence-corrected chi connectivity index (χ3v) is 3.01. The van der Waals surface area contributed by atoms with Crippen molar-refractivity contribution >= 4 is 23.0 Å². The molecule has 0 atom stereocenters. The van der Waals surface area contributed by atoms with Crippen LogP contribution in [0.25, 0.3) is 5.32 Å². The Bertz CT molecular complexity index is 679. The molecule has 3 aromatic rings. The number of benzene rings is 3. The summed E-state index contributed by atoms with van der Waals surface area (Å²) in [6.45, 7) is 0. The second-order valence-corrected chi connectivity index (χ2v) is 4.71. The van der Waals surface area contributed by atoms with E-state index in [0.29, 0.717) is 5.96 Å². The highest BCUT2D eigenvalue weighted by Gasteiger charge is 1.93. The highest BCUT2D eigenvalue weighted by Crippen LogP contribution is 2.21. The monoisotopic (exact) mass is 286 g/mol. The molecule has 0 aliphatic rings. The number of nitrogens with one attached hydrogen (secondary N) is 1. The molecule has 0 unspecified atom stereocenters. The summed E-state index contributed by atoms with van der Waals surface area (Å²) in [6, 6.07) is 29.5. The molecule has 0 saturated carbocycles. The molecular weight excluding hydrogens is 270 g/mol. The normalized spacial score (nSPS) is 11.0. The molecule has 0 aliphatic heterocycles. The first-order valence-electron chi connectivity index (χ1n) is 7.13. The van der Waals surface area contributed by atoms with E-state index in [-0.39, 0.29) is 0 Å². The summed E-state index contributed by atoms with van der Waals surface area (Å²) in [6.07, 6.45) is 0. The van der Waals surface area contributed by atoms with Crippen LogP contribution in [0.4, 0.5) is 17.1 Å². The van der Waals surface area contributed by atoms with Gasteiger partial charge in [0.15, 0.2) is 0 Å². The van der Waals surface area contributed by atoms with Crippen LogP contribution in [0.2, 0.25) is 0 Å². The van der Waals surface area contributed by atoms with E-state index in [2.05, 4.69) is 15.6 Å². The van der Waals surface area contributed by atoms with Gasteiger partial charge in [0.25, 0.3) is 0 Å². The summed E-state index contributed by atoms with van der Waals surface area (Å²) in [5.41, 5.74) is 2.68. The molecular formula is C19H16N3-. The number of guanidine groups is 1. The lowest BCUT2D eigenvalue weighted by Gasteiger charge is -2.21. The summed E-state index contributed by atoms with van der Waals surface area (Å²) < 4.78 is 0. The van der Waals surface area contributed by atoms with Gasteiger partial charge in [0, 0.05) is 5.96 Å². The van der Waals surface area contributed by atoms with Gasteiger partial charge in [-0.2, -0.15) is 0 Å². The molecule has 0 aromatic heterocycles. The maximum atomic E-state index is 4.59. The van der Waals surface area contributed by atoms with Gasteiger partial charge in [0.05, 0.1) is 0 Å². The molecule has 0 saturated heterocycles. The van der Waals surface area contributed by atoms with E-state index in [1.54, 1.807) is 0 Å². The zero-order valence-electron chi connectivity index (χ0n) is 12.1. The van der Waals surface area contributed by atoms with Gasteiger partial charge in [-0.25, -0.2) is 0 Å². The van der Waals surface area contributed by atoms with Crippen LogP contribution < -0.4 is 5.32 Å². The van der Waals surface area contributed by atoms with Gasteiger partial charge in [-0.15, -0.1) is 0 Å². The Hall–Kier alpha value is -3.07. The predicted molar refractivity (Wildman–Crippen MR) is 93.1 cm³/mol. The summed E-state index contributed by atoms with van der Waals surface area (Å²) >= 11 is 0. The van der Waals surface area contributed by atoms with Crippen molar-refractivity contribution < 1.29 is 0 Å². The quantitative estimate of drug-likeness (QED) is 0.501. The Morgan fingerprint density at radius 3 is 1.86 bits per heavy atom. The molecule has 0 aliphatic carbocycles. The van der Waals surface area contributed by atoms with Crippen LogP contribution in [0, 0.1) is 0 Å². The minimum absolute atomic E-state index is 0.559. The maximum absolute atomic E-state index is 4.59. The lowest BCUT2D eigenvalue weighted by atomic mass is 10.3. The van der Waals surface area contributed by atoms with Crippen LogP contribution >= 0.6 is 0 Å². The first-order chi connectivity index (χ1) is 10.9. The van der Waals surface area contributed by atoms with Crippen molar-refractivity contribution in [1.29, 1.82) is 0 Å². The Morgan fingerprint density at radius 2 is 1.23 bits per heavy atom. The number of hydrogen-bond donors (Lipinski definition) is 1. The molecule has 108 valence electrons. The summed E-state index contributed by atoms with van der Waals surface area (Å²) in [5.74, 6) is 0.559. The van der Waals surface area contributed by atoms with Crippen molar-refractivity contribution in [3.63, 3.8) is 0 Å². The first kappa shape index (κ1) is 13.9. The van der Waals surface area contributed by atoms with Gasteiger partial charge < -0.3 is 15.6 Å². The summed E-state index contributed by atoms with van der Waals surface area (Å²) in [5, 5.41) is 7.85. The Balaban J connectivity index is 1.86. The van der Waals surface area contributed by atoms with Crippen LogP contribution in [0.1, 0.15) is 0 Å². The highest BCUT2D eigenvalue weighted by atomic mass is 15.2. The Morgan fingerprint density at radius 1 is 0.682 bits per heavy atom. The minimum Gasteiger partial charge on any atom is -0.412 e. The lowest BCUT2D eigenvalue weighted by Crippen LogP contribution is -2.09. The third-order valence-electron chi connectivity index (χ3n) is 3.01. The fourth-order valence-corrected chi connectivity index (χ4v) is 1.98. The minimum atomic E-state index is 0.559. The van der Waals surface area contributed by atoms with E-state index in [9.17, 15) is 0 Å². The van der Waals surface area contributed by atoms with Crippen molar-refractivity contribution in [2.24, 2.45) is 4.99 Å². The topological polar surface area (TPSA) is 38.5 Å². The maximum Gasteiger partial charge on any atom is 0.0198 e. The molecule has 0 spiro atoms. The van der Waals surface area contributed by atoms with Gasteiger partial charge in [0.1, 0.15) is 0 Å². The number of para-hydroxylation sites is 3. The highest BCUT2D eigenvalue weighted by molar-refractivity contribution is 6.09. The molecule has 1 N–H and O–H groups in total. The number of hydrogen-bond acceptors (Lipinski definition) is 1. The van der Waals surface area contributed by atoms with Crippen molar-refractivity contribution in [2.45, 2.75) is 0 Å². The molecule has 0 amide bonds. The smallest absolute Gasteiger partial charge is 0.0198 e. The molecule has 3 heteroatoms. The lowest BCUT2D eigenvalue weighted by molar-refractivity contribution is 1.48. The third kappa shape index (κ3) is 3.96. The van der Waals surface area contributed by atoms with Crippen LogP contribution in [-0.4, -0.2) is 5.96 Å². The average molecular weight is 286 g/mol. The van der Waals surface area contributed by atoms with Crippen LogP contribution in [-0.2, 0) is 0 Å². The van der Waals surface area contributed by atoms with E-state index in [0.717, 1.165) is 17.1 Å². The van der Waals surface area contributed by atoms with Gasteiger partial charge in [0.2, 0.25) is 0 Å². The summed E-state index contributed by atoms with van der Waals surface area (Å²) in [7, 11) is 0. The standard InChI is InChI=1S/C19H16N3/c1-4-10-16(11-5-1)20-19(21-17-12-6-2-7-13-17)22-18-14-8-3-9-15-18/h1-15H,(H-,20,21,22)/q-1. The van der Waals surface area contributed by atoms with Crippen molar-refractivity contribution in [1.82, 2.24) is 0 Å². The zero-order valence-corrected chi connectivity index (χ0v) is 12.1. The Kier molecular flexibility index (Phi) is 4.47. The molecule has 0 fully saturated rings. The van der Waals surface area contributed by atoms with Crippen molar-refractivity contribution in [2.75, 3.05) is 5.32 Å². The fourth-order valence-electron chi connectivity index (χ4n) is 1.98. The SMILES string of the molecule is c1ccc(N=C([N-]c2ccccc2)Nc2ccccc2)cc1. The second kappa shape index (κ2) is 7.09. The van der Waals surface area contributed by atoms with E-state index in [1.165, 1.54) is 0 Å². The average Bonchev–Trinajstić information content (AvgIpc) is 2.57. The molecule has 3 aromatic carbocycles. The van der Waals surface area contributed by atoms with E-state index >= 15 is 0 Å². The molecule has 3 rings (SSSR count). The van der Waals surface area contributed by atoms with Gasteiger partial charge in [-0.05, 0) is 17.1 Å². The molecule has 0 heterocycles. The number of aliphatic imine (C=N–C) groups is 1. The molecule has 3 nitrogen and oxygen atoms in total. The number of anilines is 1. The predicted octanol–water partition coefficient (Wildman–Crippen LogP) is 5.49. The molecule has 22 heavy (non-hydrogen) atoms. The van der Waals surface area contributed by atoms with Crippen molar-refractivity contribution in [3.8, 4) is 0 Å². The summed E-state index contributed by atoms with van der Waals surface area (Å²) in [4.78, 5) is 4.59. The zero-order chi connectivity index (χ0) is 15.0. The van der Waals surface area contributed by atoms with Crippen LogP contribution in [0.5, 0.6) is 0 Å². The van der Waals surface area contributed by atoms with E-state index < -0.39 is 0 Å². The van der Waals surface area contributed by atoms with E-state index in [1.807, 2.05) is 91.0 Å². The van der Waals surface area contributed by atoms with Gasteiger partial charge in [-0.1, -0.05) is 91.0 Å². The van der Waals surface area contributed by atoms with Crippen LogP contribution in [0.15, 0.2) is 96.0 Å². The van der Waals surface area contributed by atoms with E-state index in [4.69, 9.17) is 0 Å². The second-order valence-electron chi connectivity index (χ2n) is 4.71. The number of rotatable bonds is 3. The first-order valence-corrected chi connectivity index (χ1v) is 7.13. The van der Waals surface area contributed by atoms with Gasteiger partial charge >= 0.3 is 0 Å².